The second kappa shape index (κ2) is 6.08. The van der Waals surface area contributed by atoms with Gasteiger partial charge in [-0.3, -0.25) is 0 Å². The lowest BCUT2D eigenvalue weighted by Gasteiger charge is -2.12. The average Bonchev–Trinajstić information content (AvgIpc) is 2.53. The maximum atomic E-state index is 6.33. The molecule has 0 N–H and O–H groups in total. The summed E-state index contributed by atoms with van der Waals surface area (Å²) in [5, 5.41) is 2.39. The van der Waals surface area contributed by atoms with Crippen LogP contribution < -0.4 is 0 Å². The molecule has 0 amide bonds. The van der Waals surface area contributed by atoms with Gasteiger partial charge in [0.1, 0.15) is 0 Å². The molecule has 0 spiro atoms. The molecule has 20 heavy (non-hydrogen) atoms. The van der Waals surface area contributed by atoms with E-state index in [4.69, 9.17) is 16.3 Å². The minimum absolute atomic E-state index is 0.431. The fraction of sp³-hybridized carbons (Fsp3) is 0.111. The van der Waals surface area contributed by atoms with Gasteiger partial charge in [-0.05, 0) is 28.0 Å². The second-order valence-corrected chi connectivity index (χ2v) is 5.12. The molecule has 1 atom stereocenters. The highest BCUT2D eigenvalue weighted by atomic mass is 35.5. The highest BCUT2D eigenvalue weighted by molar-refractivity contribution is 6.20. The number of rotatable bonds is 4. The van der Waals surface area contributed by atoms with Crippen molar-refractivity contribution >= 4 is 22.4 Å². The predicted octanol–water partition coefficient (Wildman–Crippen LogP) is 5.29. The van der Waals surface area contributed by atoms with E-state index in [9.17, 15) is 0 Å². The van der Waals surface area contributed by atoms with Crippen LogP contribution in [-0.2, 0) is 11.3 Å². The number of alkyl halides is 1. The lowest BCUT2D eigenvalue weighted by Crippen LogP contribution is -1.98. The Morgan fingerprint density at radius 1 is 0.800 bits per heavy atom. The van der Waals surface area contributed by atoms with E-state index < -0.39 is 5.56 Å². The summed E-state index contributed by atoms with van der Waals surface area (Å²) < 4.78 is 5.73. The van der Waals surface area contributed by atoms with Gasteiger partial charge in [-0.2, -0.15) is 0 Å². The maximum Gasteiger partial charge on any atom is 0.157 e. The fourth-order valence-electron chi connectivity index (χ4n) is 2.19. The molecule has 2 heteroatoms. The lowest BCUT2D eigenvalue weighted by molar-refractivity contribution is 0.0944. The lowest BCUT2D eigenvalue weighted by atomic mass is 10.1. The molecule has 0 heterocycles. The van der Waals surface area contributed by atoms with Crippen molar-refractivity contribution in [1.82, 2.24) is 0 Å². The zero-order valence-electron chi connectivity index (χ0n) is 11.0. The molecule has 3 aromatic rings. The Hall–Kier alpha value is -1.83. The number of hydrogen-bond acceptors (Lipinski definition) is 1. The maximum absolute atomic E-state index is 6.33. The van der Waals surface area contributed by atoms with Gasteiger partial charge in [0.2, 0.25) is 0 Å². The van der Waals surface area contributed by atoms with Crippen molar-refractivity contribution < 1.29 is 4.74 Å². The van der Waals surface area contributed by atoms with E-state index in [1.807, 2.05) is 48.5 Å². The summed E-state index contributed by atoms with van der Waals surface area (Å²) in [6, 6.07) is 24.5. The van der Waals surface area contributed by atoms with Crippen LogP contribution in [0.15, 0.2) is 72.8 Å². The first-order valence-electron chi connectivity index (χ1n) is 6.61. The van der Waals surface area contributed by atoms with Crippen molar-refractivity contribution in [3.05, 3.63) is 83.9 Å². The van der Waals surface area contributed by atoms with Crippen LogP contribution in [0.4, 0.5) is 0 Å². The topological polar surface area (TPSA) is 9.23 Å². The van der Waals surface area contributed by atoms with Gasteiger partial charge in [-0.15, -0.1) is 0 Å². The number of benzene rings is 3. The van der Waals surface area contributed by atoms with Gasteiger partial charge in [0, 0.05) is 0 Å². The van der Waals surface area contributed by atoms with E-state index in [1.54, 1.807) is 0 Å². The van der Waals surface area contributed by atoms with Crippen LogP contribution in [0, 0.1) is 0 Å². The zero-order valence-corrected chi connectivity index (χ0v) is 11.8. The van der Waals surface area contributed by atoms with Crippen molar-refractivity contribution in [1.29, 1.82) is 0 Å². The third-order valence-electron chi connectivity index (χ3n) is 3.27. The van der Waals surface area contributed by atoms with Crippen LogP contribution >= 0.6 is 11.6 Å². The first-order valence-corrected chi connectivity index (χ1v) is 7.05. The van der Waals surface area contributed by atoms with Crippen LogP contribution in [0.25, 0.3) is 10.8 Å². The summed E-state index contributed by atoms with van der Waals surface area (Å²) in [6.07, 6.45) is 0. The Morgan fingerprint density at radius 3 is 2.30 bits per heavy atom. The van der Waals surface area contributed by atoms with E-state index in [1.165, 1.54) is 10.8 Å². The summed E-state index contributed by atoms with van der Waals surface area (Å²) >= 11 is 6.33. The van der Waals surface area contributed by atoms with Gasteiger partial charge in [-0.25, -0.2) is 0 Å². The third kappa shape index (κ3) is 3.01. The largest absolute Gasteiger partial charge is 0.354 e. The molecule has 0 fully saturated rings. The first-order chi connectivity index (χ1) is 9.83. The highest BCUT2D eigenvalue weighted by Gasteiger charge is 2.08. The molecule has 1 unspecified atom stereocenters. The van der Waals surface area contributed by atoms with Gasteiger partial charge in [0.15, 0.2) is 5.56 Å². The molecule has 3 rings (SSSR count). The SMILES string of the molecule is ClC(OCc1ccccc1)c1ccc2ccccc2c1. The zero-order chi connectivity index (χ0) is 13.8. The summed E-state index contributed by atoms with van der Waals surface area (Å²) in [6.45, 7) is 0.516. The Morgan fingerprint density at radius 2 is 1.50 bits per heavy atom. The minimum atomic E-state index is -0.431. The van der Waals surface area contributed by atoms with Gasteiger partial charge < -0.3 is 4.74 Å². The van der Waals surface area contributed by atoms with Crippen molar-refractivity contribution in [2.45, 2.75) is 12.2 Å². The quantitative estimate of drug-likeness (QED) is 0.591. The fourth-order valence-corrected chi connectivity index (χ4v) is 2.39. The van der Waals surface area contributed by atoms with Gasteiger partial charge in [-0.1, -0.05) is 78.3 Å². The van der Waals surface area contributed by atoms with Crippen molar-refractivity contribution in [3.63, 3.8) is 0 Å². The monoisotopic (exact) mass is 282 g/mol. The summed E-state index contributed by atoms with van der Waals surface area (Å²) in [4.78, 5) is 0. The number of ether oxygens (including phenoxy) is 1. The van der Waals surface area contributed by atoms with Crippen LogP contribution in [0.3, 0.4) is 0 Å². The van der Waals surface area contributed by atoms with Crippen LogP contribution in [0.1, 0.15) is 16.7 Å². The normalized spacial score (nSPS) is 12.4. The van der Waals surface area contributed by atoms with E-state index in [0.29, 0.717) is 6.61 Å². The van der Waals surface area contributed by atoms with Crippen LogP contribution in [-0.4, -0.2) is 0 Å². The molecule has 1 nitrogen and oxygen atoms in total. The van der Waals surface area contributed by atoms with E-state index in [2.05, 4.69) is 24.3 Å². The molecule has 0 saturated carbocycles. The molecule has 0 aliphatic heterocycles. The first kappa shape index (κ1) is 13.2. The minimum Gasteiger partial charge on any atom is -0.354 e. The van der Waals surface area contributed by atoms with Crippen LogP contribution in [0.5, 0.6) is 0 Å². The Labute approximate surface area is 123 Å². The summed E-state index contributed by atoms with van der Waals surface area (Å²) in [7, 11) is 0. The van der Waals surface area contributed by atoms with Crippen molar-refractivity contribution in [2.75, 3.05) is 0 Å². The van der Waals surface area contributed by atoms with E-state index in [0.717, 1.165) is 11.1 Å². The number of hydrogen-bond donors (Lipinski definition) is 0. The molecule has 0 saturated heterocycles. The Balaban J connectivity index is 1.73. The van der Waals surface area contributed by atoms with E-state index >= 15 is 0 Å². The molecule has 0 aromatic heterocycles. The number of halogens is 1. The highest BCUT2D eigenvalue weighted by Crippen LogP contribution is 2.26. The summed E-state index contributed by atoms with van der Waals surface area (Å²) in [5.74, 6) is 0. The third-order valence-corrected chi connectivity index (χ3v) is 3.65. The molecule has 0 bridgehead atoms. The molecule has 0 aliphatic rings. The molecule has 100 valence electrons. The molecule has 0 radical (unpaired) electrons. The smallest absolute Gasteiger partial charge is 0.157 e. The average molecular weight is 283 g/mol. The molecular weight excluding hydrogens is 268 g/mol. The van der Waals surface area contributed by atoms with Crippen molar-refractivity contribution in [2.24, 2.45) is 0 Å². The Bertz CT molecular complexity index is 694. The van der Waals surface area contributed by atoms with Crippen molar-refractivity contribution in [3.8, 4) is 0 Å². The van der Waals surface area contributed by atoms with E-state index in [-0.39, 0.29) is 0 Å². The number of fused-ring (bicyclic) bond motifs is 1. The van der Waals surface area contributed by atoms with Gasteiger partial charge >= 0.3 is 0 Å². The second-order valence-electron chi connectivity index (χ2n) is 4.72. The molecule has 0 aliphatic carbocycles. The van der Waals surface area contributed by atoms with Gasteiger partial charge in [0.05, 0.1) is 6.61 Å². The molecule has 3 aromatic carbocycles. The Kier molecular flexibility index (Phi) is 4.00. The van der Waals surface area contributed by atoms with Crippen LogP contribution in [0.2, 0.25) is 0 Å². The standard InChI is InChI=1S/C18H15ClO/c19-18(20-13-14-6-2-1-3-7-14)17-11-10-15-8-4-5-9-16(15)12-17/h1-12,18H,13H2. The summed E-state index contributed by atoms with van der Waals surface area (Å²) in [5.41, 5.74) is 1.68. The van der Waals surface area contributed by atoms with Gasteiger partial charge in [0.25, 0.3) is 0 Å². The molecular formula is C18H15ClO. The predicted molar refractivity (Wildman–Crippen MR) is 83.8 cm³/mol.